The monoisotopic (exact) mass is 417 g/mol. The quantitative estimate of drug-likeness (QED) is 0.591. The Morgan fingerprint density at radius 2 is 1.93 bits per heavy atom. The molecule has 5 heteroatoms. The van der Waals surface area contributed by atoms with E-state index in [0.717, 1.165) is 25.8 Å². The Morgan fingerprint density at radius 1 is 1.07 bits per heavy atom. The average molecular weight is 418 g/mol. The summed E-state index contributed by atoms with van der Waals surface area (Å²) in [5, 5.41) is 7.90. The van der Waals surface area contributed by atoms with Gasteiger partial charge in [-0.05, 0) is 67.3 Å². The van der Waals surface area contributed by atoms with Gasteiger partial charge in [-0.25, -0.2) is 0 Å². The predicted molar refractivity (Wildman–Crippen MR) is 121 cm³/mol. The lowest BCUT2D eigenvalue weighted by molar-refractivity contribution is -0.119. The molecule has 1 atom stereocenters. The number of carbonyl (C=O) groups is 1. The second-order valence-electron chi connectivity index (χ2n) is 8.27. The SMILES string of the molecule is O=C(CSc1ccc2c(c1)CCC2)N[C@H]1CCCc2c1cnn2Cc1ccccc1. The summed E-state index contributed by atoms with van der Waals surface area (Å²) in [7, 11) is 0. The molecular weight excluding hydrogens is 390 g/mol. The first kappa shape index (κ1) is 19.4. The molecule has 3 aromatic rings. The van der Waals surface area contributed by atoms with Gasteiger partial charge < -0.3 is 5.32 Å². The number of benzene rings is 2. The number of thioether (sulfide) groups is 1. The van der Waals surface area contributed by atoms with E-state index in [-0.39, 0.29) is 11.9 Å². The Labute approximate surface area is 182 Å². The van der Waals surface area contributed by atoms with Crippen LogP contribution < -0.4 is 5.32 Å². The fraction of sp³-hybridized carbons (Fsp3) is 0.360. The van der Waals surface area contributed by atoms with Crippen molar-refractivity contribution in [1.29, 1.82) is 0 Å². The zero-order valence-corrected chi connectivity index (χ0v) is 18.0. The molecule has 0 radical (unpaired) electrons. The van der Waals surface area contributed by atoms with Crippen LogP contribution in [0.15, 0.2) is 59.6 Å². The number of carbonyl (C=O) groups excluding carboxylic acids is 1. The molecule has 0 saturated carbocycles. The van der Waals surface area contributed by atoms with Gasteiger partial charge in [-0.3, -0.25) is 9.48 Å². The Bertz CT molecular complexity index is 1040. The number of nitrogens with one attached hydrogen (secondary N) is 1. The molecule has 0 unspecified atom stereocenters. The van der Waals surface area contributed by atoms with Gasteiger partial charge in [0.05, 0.1) is 24.5 Å². The first-order valence-electron chi connectivity index (χ1n) is 10.9. The van der Waals surface area contributed by atoms with E-state index in [1.165, 1.54) is 52.1 Å². The van der Waals surface area contributed by atoms with Gasteiger partial charge in [-0.15, -0.1) is 11.8 Å². The van der Waals surface area contributed by atoms with Gasteiger partial charge in [0, 0.05) is 16.2 Å². The molecule has 1 aromatic heterocycles. The van der Waals surface area contributed by atoms with Crippen molar-refractivity contribution in [2.24, 2.45) is 0 Å². The van der Waals surface area contributed by atoms with Crippen LogP contribution in [0.3, 0.4) is 0 Å². The number of fused-ring (bicyclic) bond motifs is 2. The van der Waals surface area contributed by atoms with E-state index in [9.17, 15) is 4.79 Å². The highest BCUT2D eigenvalue weighted by molar-refractivity contribution is 8.00. The molecule has 2 aromatic carbocycles. The molecule has 2 aliphatic rings. The minimum absolute atomic E-state index is 0.0754. The molecule has 5 rings (SSSR count). The lowest BCUT2D eigenvalue weighted by Crippen LogP contribution is -2.32. The van der Waals surface area contributed by atoms with Gasteiger partial charge in [0.2, 0.25) is 5.91 Å². The summed E-state index contributed by atoms with van der Waals surface area (Å²) >= 11 is 1.64. The standard InChI is InChI=1S/C25H27N3OS/c29-25(17-30-21-13-12-19-8-4-9-20(19)14-21)27-23-10-5-11-24-22(23)15-26-28(24)16-18-6-2-1-3-7-18/h1-3,6-7,12-15,23H,4-5,8-11,16-17H2,(H,27,29)/t23-/m0/s1. The Hall–Kier alpha value is -2.53. The second-order valence-corrected chi connectivity index (χ2v) is 9.32. The highest BCUT2D eigenvalue weighted by atomic mass is 32.2. The molecule has 1 amide bonds. The summed E-state index contributed by atoms with van der Waals surface area (Å²) in [5.41, 5.74) is 6.64. The molecule has 2 aliphatic carbocycles. The lowest BCUT2D eigenvalue weighted by Gasteiger charge is -2.24. The number of amides is 1. The molecule has 1 heterocycles. The zero-order valence-electron chi connectivity index (χ0n) is 17.1. The average Bonchev–Trinajstić information content (AvgIpc) is 3.40. The third kappa shape index (κ3) is 4.17. The molecule has 154 valence electrons. The molecule has 0 aliphatic heterocycles. The highest BCUT2D eigenvalue weighted by Gasteiger charge is 2.25. The van der Waals surface area contributed by atoms with E-state index in [1.54, 1.807) is 11.8 Å². The summed E-state index contributed by atoms with van der Waals surface area (Å²) in [4.78, 5) is 13.9. The zero-order chi connectivity index (χ0) is 20.3. The number of hydrogen-bond acceptors (Lipinski definition) is 3. The van der Waals surface area contributed by atoms with Crippen molar-refractivity contribution in [2.45, 2.75) is 56.0 Å². The van der Waals surface area contributed by atoms with E-state index < -0.39 is 0 Å². The van der Waals surface area contributed by atoms with Crippen molar-refractivity contribution in [3.8, 4) is 0 Å². The number of nitrogens with zero attached hydrogens (tertiary/aromatic N) is 2. The Morgan fingerprint density at radius 3 is 2.83 bits per heavy atom. The maximum Gasteiger partial charge on any atom is 0.230 e. The number of aryl methyl sites for hydroxylation is 2. The van der Waals surface area contributed by atoms with Crippen LogP contribution in [0, 0.1) is 0 Å². The number of rotatable bonds is 6. The van der Waals surface area contributed by atoms with Crippen LogP contribution >= 0.6 is 11.8 Å². The van der Waals surface area contributed by atoms with E-state index in [1.807, 2.05) is 12.3 Å². The van der Waals surface area contributed by atoms with Crippen LogP contribution in [-0.2, 0) is 30.6 Å². The third-order valence-electron chi connectivity index (χ3n) is 6.21. The highest BCUT2D eigenvalue weighted by Crippen LogP contribution is 2.31. The van der Waals surface area contributed by atoms with Crippen LogP contribution in [0.5, 0.6) is 0 Å². The van der Waals surface area contributed by atoms with Crippen molar-refractivity contribution in [3.05, 3.63) is 82.7 Å². The minimum atomic E-state index is 0.0754. The minimum Gasteiger partial charge on any atom is -0.348 e. The fourth-order valence-electron chi connectivity index (χ4n) is 4.68. The summed E-state index contributed by atoms with van der Waals surface area (Å²) < 4.78 is 2.10. The predicted octanol–water partition coefficient (Wildman–Crippen LogP) is 4.71. The van der Waals surface area contributed by atoms with Crippen molar-refractivity contribution in [1.82, 2.24) is 15.1 Å². The van der Waals surface area contributed by atoms with Crippen molar-refractivity contribution >= 4 is 17.7 Å². The van der Waals surface area contributed by atoms with Gasteiger partial charge in [0.15, 0.2) is 0 Å². The van der Waals surface area contributed by atoms with E-state index in [0.29, 0.717) is 5.75 Å². The van der Waals surface area contributed by atoms with E-state index in [4.69, 9.17) is 0 Å². The van der Waals surface area contributed by atoms with Gasteiger partial charge in [0.1, 0.15) is 0 Å². The molecule has 1 N–H and O–H groups in total. The fourth-order valence-corrected chi connectivity index (χ4v) is 5.46. The largest absolute Gasteiger partial charge is 0.348 e. The van der Waals surface area contributed by atoms with Gasteiger partial charge >= 0.3 is 0 Å². The summed E-state index contributed by atoms with van der Waals surface area (Å²) in [6.45, 7) is 0.783. The summed E-state index contributed by atoms with van der Waals surface area (Å²) in [6, 6.07) is 17.2. The Kier molecular flexibility index (Phi) is 5.63. The smallest absolute Gasteiger partial charge is 0.230 e. The topological polar surface area (TPSA) is 46.9 Å². The number of aromatic nitrogens is 2. The van der Waals surface area contributed by atoms with Crippen LogP contribution in [0.2, 0.25) is 0 Å². The number of hydrogen-bond donors (Lipinski definition) is 1. The lowest BCUT2D eigenvalue weighted by atomic mass is 9.93. The van der Waals surface area contributed by atoms with Crippen LogP contribution in [0.4, 0.5) is 0 Å². The Balaban J connectivity index is 1.21. The normalized spacial score (nSPS) is 17.4. The van der Waals surface area contributed by atoms with Crippen LogP contribution in [0.1, 0.15) is 53.3 Å². The second kappa shape index (κ2) is 8.68. The van der Waals surface area contributed by atoms with Crippen LogP contribution in [0.25, 0.3) is 0 Å². The maximum atomic E-state index is 12.7. The summed E-state index contributed by atoms with van der Waals surface area (Å²) in [6.07, 6.45) is 8.67. The van der Waals surface area contributed by atoms with Gasteiger partial charge in [-0.2, -0.15) is 5.10 Å². The van der Waals surface area contributed by atoms with E-state index in [2.05, 4.69) is 57.6 Å². The first-order valence-corrected chi connectivity index (χ1v) is 11.9. The van der Waals surface area contributed by atoms with Crippen molar-refractivity contribution in [3.63, 3.8) is 0 Å². The van der Waals surface area contributed by atoms with Crippen molar-refractivity contribution in [2.75, 3.05) is 5.75 Å². The van der Waals surface area contributed by atoms with E-state index >= 15 is 0 Å². The molecule has 4 nitrogen and oxygen atoms in total. The molecule has 0 saturated heterocycles. The maximum absolute atomic E-state index is 12.7. The molecule has 0 fully saturated rings. The molecule has 30 heavy (non-hydrogen) atoms. The molecular formula is C25H27N3OS. The third-order valence-corrected chi connectivity index (χ3v) is 7.21. The van der Waals surface area contributed by atoms with Crippen LogP contribution in [-0.4, -0.2) is 21.4 Å². The molecule has 0 bridgehead atoms. The molecule has 0 spiro atoms. The first-order chi connectivity index (χ1) is 14.8. The summed E-state index contributed by atoms with van der Waals surface area (Å²) in [5.74, 6) is 0.567. The van der Waals surface area contributed by atoms with Gasteiger partial charge in [-0.1, -0.05) is 36.4 Å². The van der Waals surface area contributed by atoms with Gasteiger partial charge in [0.25, 0.3) is 0 Å². The van der Waals surface area contributed by atoms with Crippen molar-refractivity contribution < 1.29 is 4.79 Å².